The highest BCUT2D eigenvalue weighted by Crippen LogP contribution is 2.14. The second kappa shape index (κ2) is 6.66. The second-order valence-corrected chi connectivity index (χ2v) is 5.97. The van der Waals surface area contributed by atoms with Crippen molar-refractivity contribution in [3.8, 4) is 0 Å². The Labute approximate surface area is 141 Å². The zero-order valence-corrected chi connectivity index (χ0v) is 14.1. The van der Waals surface area contributed by atoms with E-state index in [1.165, 1.54) is 5.56 Å². The lowest BCUT2D eigenvalue weighted by molar-refractivity contribution is -0.121. The molecule has 0 radical (unpaired) electrons. The Hall–Kier alpha value is -2.95. The maximum atomic E-state index is 12.1. The van der Waals surface area contributed by atoms with Gasteiger partial charge in [-0.05, 0) is 44.0 Å². The number of nitrogens with one attached hydrogen (secondary N) is 1. The summed E-state index contributed by atoms with van der Waals surface area (Å²) >= 11 is 0. The fourth-order valence-electron chi connectivity index (χ4n) is 2.89. The molecule has 1 heterocycles. The van der Waals surface area contributed by atoms with Crippen LogP contribution in [-0.2, 0) is 11.3 Å². The van der Waals surface area contributed by atoms with Crippen molar-refractivity contribution in [1.82, 2.24) is 15.0 Å². The predicted molar refractivity (Wildman–Crippen MR) is 96.1 cm³/mol. The van der Waals surface area contributed by atoms with Crippen molar-refractivity contribution in [2.45, 2.75) is 27.3 Å². The number of benzene rings is 2. The van der Waals surface area contributed by atoms with E-state index in [4.69, 9.17) is 0 Å². The molecule has 0 fully saturated rings. The Morgan fingerprint density at radius 1 is 1.21 bits per heavy atom. The Morgan fingerprint density at radius 3 is 2.67 bits per heavy atom. The van der Waals surface area contributed by atoms with Crippen molar-refractivity contribution in [3.05, 3.63) is 65.0 Å². The van der Waals surface area contributed by atoms with Crippen LogP contribution < -0.4 is 5.43 Å². The Morgan fingerprint density at radius 2 is 1.92 bits per heavy atom. The van der Waals surface area contributed by atoms with Crippen LogP contribution in [0, 0.1) is 20.8 Å². The van der Waals surface area contributed by atoms with Gasteiger partial charge in [-0.25, -0.2) is 10.4 Å². The number of amides is 1. The van der Waals surface area contributed by atoms with Gasteiger partial charge in [-0.3, -0.25) is 4.79 Å². The molecule has 5 nitrogen and oxygen atoms in total. The molecule has 1 N–H and O–H groups in total. The van der Waals surface area contributed by atoms with Crippen LogP contribution in [0.2, 0.25) is 0 Å². The van der Waals surface area contributed by atoms with Crippen molar-refractivity contribution < 1.29 is 4.79 Å². The van der Waals surface area contributed by atoms with Crippen molar-refractivity contribution in [2.24, 2.45) is 5.10 Å². The first kappa shape index (κ1) is 15.9. The molecule has 0 saturated carbocycles. The van der Waals surface area contributed by atoms with E-state index in [2.05, 4.69) is 34.6 Å². The van der Waals surface area contributed by atoms with Crippen LogP contribution in [-0.4, -0.2) is 21.7 Å². The maximum Gasteiger partial charge on any atom is 0.260 e. The number of hydrogen-bond acceptors (Lipinski definition) is 3. The fraction of sp³-hybridized carbons (Fsp3) is 0.211. The van der Waals surface area contributed by atoms with Gasteiger partial charge < -0.3 is 4.57 Å². The first-order valence-electron chi connectivity index (χ1n) is 7.84. The van der Waals surface area contributed by atoms with Gasteiger partial charge in [0, 0.05) is 5.56 Å². The molecule has 3 rings (SSSR count). The SMILES string of the molecule is Cc1cc(C)c(/C=N/NC(=O)Cn2cnc3ccccc32)c(C)c1. The third-order valence-electron chi connectivity index (χ3n) is 3.96. The van der Waals surface area contributed by atoms with Crippen LogP contribution in [0.3, 0.4) is 0 Å². The third kappa shape index (κ3) is 3.35. The van der Waals surface area contributed by atoms with E-state index >= 15 is 0 Å². The highest BCUT2D eigenvalue weighted by Gasteiger charge is 2.06. The topological polar surface area (TPSA) is 59.3 Å². The molecular weight excluding hydrogens is 300 g/mol. The van der Waals surface area contributed by atoms with E-state index in [9.17, 15) is 4.79 Å². The van der Waals surface area contributed by atoms with Crippen molar-refractivity contribution in [1.29, 1.82) is 0 Å². The highest BCUT2D eigenvalue weighted by molar-refractivity contribution is 5.86. The zero-order chi connectivity index (χ0) is 17.1. The molecule has 122 valence electrons. The highest BCUT2D eigenvalue weighted by atomic mass is 16.2. The molecule has 0 aliphatic heterocycles. The number of imidazole rings is 1. The van der Waals surface area contributed by atoms with E-state index in [-0.39, 0.29) is 12.5 Å². The summed E-state index contributed by atoms with van der Waals surface area (Å²) in [4.78, 5) is 16.4. The van der Waals surface area contributed by atoms with Crippen LogP contribution in [0.25, 0.3) is 11.0 Å². The largest absolute Gasteiger partial charge is 0.321 e. The average Bonchev–Trinajstić information content (AvgIpc) is 2.93. The first-order valence-corrected chi connectivity index (χ1v) is 7.84. The number of aromatic nitrogens is 2. The molecule has 0 saturated heterocycles. The lowest BCUT2D eigenvalue weighted by atomic mass is 10.0. The minimum absolute atomic E-state index is 0.183. The molecule has 1 aromatic heterocycles. The third-order valence-corrected chi connectivity index (χ3v) is 3.96. The van der Waals surface area contributed by atoms with Crippen LogP contribution >= 0.6 is 0 Å². The van der Waals surface area contributed by atoms with Gasteiger partial charge in [-0.15, -0.1) is 0 Å². The summed E-state index contributed by atoms with van der Waals surface area (Å²) in [5.74, 6) is -0.183. The molecule has 0 aliphatic carbocycles. The van der Waals surface area contributed by atoms with Gasteiger partial charge in [-0.2, -0.15) is 5.10 Å². The molecule has 0 spiro atoms. The zero-order valence-electron chi connectivity index (χ0n) is 14.1. The van der Waals surface area contributed by atoms with E-state index in [0.717, 1.165) is 27.7 Å². The number of rotatable bonds is 4. The van der Waals surface area contributed by atoms with E-state index in [1.807, 2.05) is 42.7 Å². The summed E-state index contributed by atoms with van der Waals surface area (Å²) in [5.41, 5.74) is 8.94. The molecule has 0 unspecified atom stereocenters. The minimum Gasteiger partial charge on any atom is -0.321 e. The van der Waals surface area contributed by atoms with E-state index in [0.29, 0.717) is 0 Å². The lowest BCUT2D eigenvalue weighted by Gasteiger charge is -2.07. The smallest absolute Gasteiger partial charge is 0.260 e. The van der Waals surface area contributed by atoms with Crippen LogP contribution in [0.15, 0.2) is 47.8 Å². The van der Waals surface area contributed by atoms with Crippen LogP contribution in [0.5, 0.6) is 0 Å². The molecule has 5 heteroatoms. The number of hydrazone groups is 1. The summed E-state index contributed by atoms with van der Waals surface area (Å²) in [5, 5.41) is 4.10. The number of nitrogens with zero attached hydrogens (tertiary/aromatic N) is 3. The normalized spacial score (nSPS) is 11.3. The van der Waals surface area contributed by atoms with Gasteiger partial charge in [0.25, 0.3) is 5.91 Å². The number of carbonyl (C=O) groups excluding carboxylic acids is 1. The number of fused-ring (bicyclic) bond motifs is 1. The van der Waals surface area contributed by atoms with Gasteiger partial charge >= 0.3 is 0 Å². The lowest BCUT2D eigenvalue weighted by Crippen LogP contribution is -2.22. The Kier molecular flexibility index (Phi) is 4.42. The number of para-hydroxylation sites is 2. The summed E-state index contributed by atoms with van der Waals surface area (Å²) in [7, 11) is 0. The monoisotopic (exact) mass is 320 g/mol. The quantitative estimate of drug-likeness (QED) is 0.593. The summed E-state index contributed by atoms with van der Waals surface area (Å²) in [6.45, 7) is 6.34. The van der Waals surface area contributed by atoms with Gasteiger partial charge in [-0.1, -0.05) is 29.8 Å². The summed E-state index contributed by atoms with van der Waals surface area (Å²) < 4.78 is 1.81. The van der Waals surface area contributed by atoms with Crippen molar-refractivity contribution in [2.75, 3.05) is 0 Å². The molecule has 0 bridgehead atoms. The number of aryl methyl sites for hydroxylation is 3. The standard InChI is InChI=1S/C19H20N4O/c1-13-8-14(2)16(15(3)9-13)10-21-22-19(24)11-23-12-20-17-6-4-5-7-18(17)23/h4-10,12H,11H2,1-3H3,(H,22,24)/b21-10+. The fourth-order valence-corrected chi connectivity index (χ4v) is 2.89. The Bertz CT molecular complexity index is 901. The van der Waals surface area contributed by atoms with Gasteiger partial charge in [0.15, 0.2) is 0 Å². The van der Waals surface area contributed by atoms with Crippen molar-refractivity contribution in [3.63, 3.8) is 0 Å². The molecule has 0 aliphatic rings. The van der Waals surface area contributed by atoms with E-state index < -0.39 is 0 Å². The molecule has 24 heavy (non-hydrogen) atoms. The summed E-state index contributed by atoms with van der Waals surface area (Å²) in [6.07, 6.45) is 3.37. The average molecular weight is 320 g/mol. The Balaban J connectivity index is 1.68. The molecular formula is C19H20N4O. The van der Waals surface area contributed by atoms with Crippen LogP contribution in [0.4, 0.5) is 0 Å². The van der Waals surface area contributed by atoms with Gasteiger partial charge in [0.2, 0.25) is 0 Å². The van der Waals surface area contributed by atoms with E-state index in [1.54, 1.807) is 12.5 Å². The van der Waals surface area contributed by atoms with Crippen LogP contribution in [0.1, 0.15) is 22.3 Å². The molecule has 2 aromatic carbocycles. The molecule has 3 aromatic rings. The number of hydrogen-bond donors (Lipinski definition) is 1. The first-order chi connectivity index (χ1) is 11.5. The van der Waals surface area contributed by atoms with Gasteiger partial charge in [0.1, 0.15) is 6.54 Å². The summed E-state index contributed by atoms with van der Waals surface area (Å²) in [6, 6.07) is 11.9. The predicted octanol–water partition coefficient (Wildman–Crippen LogP) is 3.11. The number of carbonyl (C=O) groups is 1. The minimum atomic E-state index is -0.183. The molecule has 1 amide bonds. The second-order valence-electron chi connectivity index (χ2n) is 5.97. The van der Waals surface area contributed by atoms with Crippen molar-refractivity contribution >= 4 is 23.2 Å². The maximum absolute atomic E-state index is 12.1. The van der Waals surface area contributed by atoms with Gasteiger partial charge in [0.05, 0.1) is 23.6 Å². The molecule has 0 atom stereocenters.